The standard InChI is InChI=1S/C5H10N4O/c1-4-7-5(8-10-4)3-9(2)6/h3,6H2,1-2H3. The Morgan fingerprint density at radius 1 is 1.70 bits per heavy atom. The second-order valence-electron chi connectivity index (χ2n) is 2.14. The monoisotopic (exact) mass is 142 g/mol. The molecule has 0 aromatic carbocycles. The molecule has 2 N–H and O–H groups in total. The summed E-state index contributed by atoms with van der Waals surface area (Å²) in [6.07, 6.45) is 0. The van der Waals surface area contributed by atoms with Crippen molar-refractivity contribution >= 4 is 0 Å². The van der Waals surface area contributed by atoms with Gasteiger partial charge in [-0.1, -0.05) is 5.16 Å². The van der Waals surface area contributed by atoms with Crippen molar-refractivity contribution in [3.8, 4) is 0 Å². The summed E-state index contributed by atoms with van der Waals surface area (Å²) in [5.74, 6) is 6.53. The molecule has 10 heavy (non-hydrogen) atoms. The molecule has 0 saturated heterocycles. The summed E-state index contributed by atoms with van der Waals surface area (Å²) in [6.45, 7) is 2.25. The van der Waals surface area contributed by atoms with E-state index in [0.29, 0.717) is 18.3 Å². The van der Waals surface area contributed by atoms with Gasteiger partial charge in [-0.25, -0.2) is 5.01 Å². The summed E-state index contributed by atoms with van der Waals surface area (Å²) in [7, 11) is 1.74. The lowest BCUT2D eigenvalue weighted by Crippen LogP contribution is -2.25. The minimum absolute atomic E-state index is 0.511. The SMILES string of the molecule is Cc1nc(CN(C)N)no1. The quantitative estimate of drug-likeness (QED) is 0.453. The molecule has 0 amide bonds. The third-order valence-electron chi connectivity index (χ3n) is 0.960. The third-order valence-corrected chi connectivity index (χ3v) is 0.960. The van der Waals surface area contributed by atoms with Crippen LogP contribution >= 0.6 is 0 Å². The summed E-state index contributed by atoms with van der Waals surface area (Å²) < 4.78 is 4.72. The van der Waals surface area contributed by atoms with E-state index in [9.17, 15) is 0 Å². The molecule has 1 rings (SSSR count). The summed E-state index contributed by atoms with van der Waals surface area (Å²) >= 11 is 0. The zero-order chi connectivity index (χ0) is 7.56. The van der Waals surface area contributed by atoms with Gasteiger partial charge >= 0.3 is 0 Å². The molecule has 1 aromatic rings. The molecule has 0 saturated carbocycles. The molecule has 0 radical (unpaired) electrons. The van der Waals surface area contributed by atoms with Crippen LogP contribution in [0, 0.1) is 6.92 Å². The molecule has 0 aliphatic carbocycles. The highest BCUT2D eigenvalue weighted by Gasteiger charge is 2.01. The van der Waals surface area contributed by atoms with Crippen LogP contribution in [-0.4, -0.2) is 22.2 Å². The van der Waals surface area contributed by atoms with Crippen LogP contribution in [0.1, 0.15) is 11.7 Å². The van der Waals surface area contributed by atoms with Gasteiger partial charge < -0.3 is 4.52 Å². The molecule has 5 heteroatoms. The summed E-state index contributed by atoms with van der Waals surface area (Å²) in [5, 5.41) is 5.14. The van der Waals surface area contributed by atoms with Crippen LogP contribution in [0.2, 0.25) is 0 Å². The first-order valence-corrected chi connectivity index (χ1v) is 2.93. The van der Waals surface area contributed by atoms with Gasteiger partial charge in [-0.3, -0.25) is 5.84 Å². The topological polar surface area (TPSA) is 68.2 Å². The average molecular weight is 142 g/mol. The van der Waals surface area contributed by atoms with E-state index >= 15 is 0 Å². The molecule has 0 atom stereocenters. The van der Waals surface area contributed by atoms with Crippen molar-refractivity contribution in [3.63, 3.8) is 0 Å². The lowest BCUT2D eigenvalue weighted by Gasteiger charge is -2.02. The first-order valence-electron chi connectivity index (χ1n) is 2.93. The Kier molecular flexibility index (Phi) is 1.98. The third kappa shape index (κ3) is 1.78. The maximum atomic E-state index is 5.35. The minimum atomic E-state index is 0.511. The normalized spacial score (nSPS) is 10.8. The average Bonchev–Trinajstić information content (AvgIpc) is 2.13. The predicted molar refractivity (Wildman–Crippen MR) is 34.7 cm³/mol. The molecule has 1 heterocycles. The van der Waals surface area contributed by atoms with E-state index in [1.54, 1.807) is 14.0 Å². The van der Waals surface area contributed by atoms with Crippen LogP contribution in [0.5, 0.6) is 0 Å². The fourth-order valence-corrected chi connectivity index (χ4v) is 0.629. The number of rotatable bonds is 2. The van der Waals surface area contributed by atoms with Crippen molar-refractivity contribution in [2.24, 2.45) is 5.84 Å². The molecule has 0 spiro atoms. The Hall–Kier alpha value is -0.940. The first-order chi connectivity index (χ1) is 4.68. The highest BCUT2D eigenvalue weighted by atomic mass is 16.5. The Morgan fingerprint density at radius 3 is 2.80 bits per heavy atom. The van der Waals surface area contributed by atoms with Crippen molar-refractivity contribution < 1.29 is 4.52 Å². The van der Waals surface area contributed by atoms with Gasteiger partial charge in [0.15, 0.2) is 5.82 Å². The van der Waals surface area contributed by atoms with Crippen LogP contribution in [-0.2, 0) is 6.54 Å². The van der Waals surface area contributed by atoms with E-state index in [-0.39, 0.29) is 0 Å². The fourth-order valence-electron chi connectivity index (χ4n) is 0.629. The molecule has 0 aliphatic heterocycles. The highest BCUT2D eigenvalue weighted by molar-refractivity contribution is 4.82. The smallest absolute Gasteiger partial charge is 0.223 e. The second-order valence-corrected chi connectivity index (χ2v) is 2.14. The van der Waals surface area contributed by atoms with Crippen LogP contribution in [0.4, 0.5) is 0 Å². The van der Waals surface area contributed by atoms with Crippen molar-refractivity contribution in [2.45, 2.75) is 13.5 Å². The van der Waals surface area contributed by atoms with Gasteiger partial charge in [0.1, 0.15) is 0 Å². The van der Waals surface area contributed by atoms with Crippen molar-refractivity contribution in [3.05, 3.63) is 11.7 Å². The molecule has 56 valence electrons. The zero-order valence-corrected chi connectivity index (χ0v) is 6.03. The maximum absolute atomic E-state index is 5.35. The Labute approximate surface area is 58.8 Å². The van der Waals surface area contributed by atoms with Gasteiger partial charge in [0, 0.05) is 14.0 Å². The van der Waals surface area contributed by atoms with Crippen molar-refractivity contribution in [1.29, 1.82) is 0 Å². The van der Waals surface area contributed by atoms with Gasteiger partial charge in [-0.05, 0) is 0 Å². The molecule has 1 aromatic heterocycles. The molecule has 5 nitrogen and oxygen atoms in total. The van der Waals surface area contributed by atoms with E-state index in [0.717, 1.165) is 0 Å². The molecular weight excluding hydrogens is 132 g/mol. The lowest BCUT2D eigenvalue weighted by molar-refractivity contribution is 0.318. The molecule has 0 aliphatic rings. The van der Waals surface area contributed by atoms with Gasteiger partial charge in [-0.2, -0.15) is 4.98 Å². The number of hydrazine groups is 1. The summed E-state index contributed by atoms with van der Waals surface area (Å²) in [4.78, 5) is 3.95. The Bertz CT molecular complexity index is 207. The van der Waals surface area contributed by atoms with Crippen molar-refractivity contribution in [1.82, 2.24) is 15.1 Å². The van der Waals surface area contributed by atoms with Crippen LogP contribution in [0.25, 0.3) is 0 Å². The summed E-state index contributed by atoms with van der Waals surface area (Å²) in [5.41, 5.74) is 0. The molecule has 0 fully saturated rings. The van der Waals surface area contributed by atoms with Crippen LogP contribution in [0.3, 0.4) is 0 Å². The van der Waals surface area contributed by atoms with E-state index < -0.39 is 0 Å². The number of nitrogens with two attached hydrogens (primary N) is 1. The molecule has 0 unspecified atom stereocenters. The maximum Gasteiger partial charge on any atom is 0.223 e. The van der Waals surface area contributed by atoms with E-state index in [1.807, 2.05) is 0 Å². The largest absolute Gasteiger partial charge is 0.340 e. The highest BCUT2D eigenvalue weighted by Crippen LogP contribution is 1.95. The lowest BCUT2D eigenvalue weighted by atomic mass is 10.6. The first kappa shape index (κ1) is 7.17. The van der Waals surface area contributed by atoms with Gasteiger partial charge in [0.25, 0.3) is 0 Å². The van der Waals surface area contributed by atoms with Gasteiger partial charge in [-0.15, -0.1) is 0 Å². The fraction of sp³-hybridized carbons (Fsp3) is 0.600. The second kappa shape index (κ2) is 2.76. The molecule has 0 bridgehead atoms. The van der Waals surface area contributed by atoms with E-state index in [4.69, 9.17) is 10.4 Å². The van der Waals surface area contributed by atoms with Crippen LogP contribution in [0.15, 0.2) is 4.52 Å². The summed E-state index contributed by atoms with van der Waals surface area (Å²) in [6, 6.07) is 0. The number of aryl methyl sites for hydroxylation is 1. The number of hydrogen-bond acceptors (Lipinski definition) is 5. The molecular formula is C5H10N4O. The predicted octanol–water partition coefficient (Wildman–Crippen LogP) is -0.316. The number of nitrogens with zero attached hydrogens (tertiary/aromatic N) is 3. The zero-order valence-electron chi connectivity index (χ0n) is 6.03. The van der Waals surface area contributed by atoms with Crippen molar-refractivity contribution in [2.75, 3.05) is 7.05 Å². The number of hydrogen-bond donors (Lipinski definition) is 1. The Balaban J connectivity index is 2.58. The van der Waals surface area contributed by atoms with E-state index in [1.165, 1.54) is 5.01 Å². The van der Waals surface area contributed by atoms with Crippen LogP contribution < -0.4 is 5.84 Å². The van der Waals surface area contributed by atoms with E-state index in [2.05, 4.69) is 10.1 Å². The van der Waals surface area contributed by atoms with Gasteiger partial charge in [0.2, 0.25) is 5.89 Å². The minimum Gasteiger partial charge on any atom is -0.340 e. The number of aromatic nitrogens is 2. The Morgan fingerprint density at radius 2 is 2.40 bits per heavy atom. The van der Waals surface area contributed by atoms with Gasteiger partial charge in [0.05, 0.1) is 6.54 Å².